The third kappa shape index (κ3) is 4.13. The Kier molecular flexibility index (Phi) is 5.48. The predicted molar refractivity (Wildman–Crippen MR) is 98.0 cm³/mol. The van der Waals surface area contributed by atoms with Crippen molar-refractivity contribution in [3.05, 3.63) is 59.8 Å². The minimum absolute atomic E-state index is 0.383. The van der Waals surface area contributed by atoms with E-state index in [2.05, 4.69) is 22.0 Å². The molecule has 0 amide bonds. The predicted octanol–water partition coefficient (Wildman–Crippen LogP) is 3.24. The zero-order valence-electron chi connectivity index (χ0n) is 14.6. The molecule has 24 heavy (non-hydrogen) atoms. The Labute approximate surface area is 144 Å². The molecule has 0 spiro atoms. The lowest BCUT2D eigenvalue weighted by Crippen LogP contribution is -2.30. The summed E-state index contributed by atoms with van der Waals surface area (Å²) >= 11 is 0. The number of benzene rings is 1. The largest absolute Gasteiger partial charge is 0.388 e. The lowest BCUT2D eigenvalue weighted by Gasteiger charge is -2.27. The van der Waals surface area contributed by atoms with E-state index in [1.165, 1.54) is 12.0 Å². The third-order valence-electron chi connectivity index (χ3n) is 4.83. The number of rotatable bonds is 6. The number of hydrogen-bond donors (Lipinski definition) is 1. The van der Waals surface area contributed by atoms with Crippen molar-refractivity contribution in [2.75, 3.05) is 25.5 Å². The number of aliphatic hydroxyl groups excluding tert-OH is 1. The van der Waals surface area contributed by atoms with Crippen molar-refractivity contribution in [3.8, 4) is 0 Å². The standard InChI is InChI=1S/C20H27N3O/c1-22(2)20-13-16(10-11-21-20)15-23-12-6-9-18(23)14-19(24)17-7-4-3-5-8-17/h3-5,7-8,10-11,13,18-19,24H,6,9,12,14-15H2,1-2H3/t18-,19+/m1/s1. The zero-order valence-corrected chi connectivity index (χ0v) is 14.6. The van der Waals surface area contributed by atoms with E-state index in [4.69, 9.17) is 0 Å². The average Bonchev–Trinajstić information content (AvgIpc) is 3.02. The molecule has 1 fully saturated rings. The van der Waals surface area contributed by atoms with Crippen LogP contribution in [0.5, 0.6) is 0 Å². The van der Waals surface area contributed by atoms with Crippen molar-refractivity contribution in [1.82, 2.24) is 9.88 Å². The summed E-state index contributed by atoms with van der Waals surface area (Å²) in [5.41, 5.74) is 2.30. The summed E-state index contributed by atoms with van der Waals surface area (Å²) in [5.74, 6) is 0.993. The number of hydrogen-bond acceptors (Lipinski definition) is 4. The molecule has 128 valence electrons. The molecule has 2 heterocycles. The minimum Gasteiger partial charge on any atom is -0.388 e. The van der Waals surface area contributed by atoms with Gasteiger partial charge in [-0.05, 0) is 49.1 Å². The summed E-state index contributed by atoms with van der Waals surface area (Å²) in [6, 6.07) is 14.7. The molecule has 1 N–H and O–H groups in total. The fourth-order valence-electron chi connectivity index (χ4n) is 3.48. The van der Waals surface area contributed by atoms with E-state index >= 15 is 0 Å². The maximum atomic E-state index is 10.5. The highest BCUT2D eigenvalue weighted by Gasteiger charge is 2.27. The van der Waals surface area contributed by atoms with E-state index in [9.17, 15) is 5.11 Å². The summed E-state index contributed by atoms with van der Waals surface area (Å²) in [6.45, 7) is 2.03. The van der Waals surface area contributed by atoms with Crippen LogP contribution in [-0.4, -0.2) is 41.7 Å². The molecule has 3 rings (SSSR count). The number of aromatic nitrogens is 1. The van der Waals surface area contributed by atoms with Gasteiger partial charge in [-0.1, -0.05) is 30.3 Å². The van der Waals surface area contributed by atoms with Crippen LogP contribution in [0.2, 0.25) is 0 Å². The van der Waals surface area contributed by atoms with Crippen LogP contribution in [0.25, 0.3) is 0 Å². The van der Waals surface area contributed by atoms with E-state index in [0.29, 0.717) is 6.04 Å². The quantitative estimate of drug-likeness (QED) is 0.885. The van der Waals surface area contributed by atoms with Crippen LogP contribution >= 0.6 is 0 Å². The second-order valence-electron chi connectivity index (χ2n) is 6.85. The number of anilines is 1. The number of aliphatic hydroxyl groups is 1. The van der Waals surface area contributed by atoms with Crippen LogP contribution in [0, 0.1) is 0 Å². The molecule has 1 saturated heterocycles. The second kappa shape index (κ2) is 7.77. The molecule has 0 radical (unpaired) electrons. The molecule has 0 unspecified atom stereocenters. The molecule has 1 aromatic heterocycles. The Morgan fingerprint density at radius 3 is 2.79 bits per heavy atom. The van der Waals surface area contributed by atoms with Gasteiger partial charge < -0.3 is 10.0 Å². The SMILES string of the molecule is CN(C)c1cc(CN2CCC[C@@H]2C[C@H](O)c2ccccc2)ccn1. The smallest absolute Gasteiger partial charge is 0.128 e. The number of pyridine rings is 1. The van der Waals surface area contributed by atoms with Gasteiger partial charge in [-0.3, -0.25) is 4.90 Å². The molecule has 4 heteroatoms. The number of nitrogens with zero attached hydrogens (tertiary/aromatic N) is 3. The van der Waals surface area contributed by atoms with E-state index in [1.54, 1.807) is 0 Å². The highest BCUT2D eigenvalue weighted by Crippen LogP contribution is 2.28. The van der Waals surface area contributed by atoms with E-state index < -0.39 is 0 Å². The van der Waals surface area contributed by atoms with Gasteiger partial charge in [0.15, 0.2) is 0 Å². The first kappa shape index (κ1) is 16.9. The van der Waals surface area contributed by atoms with E-state index in [1.807, 2.05) is 55.5 Å². The van der Waals surface area contributed by atoms with Crippen LogP contribution < -0.4 is 4.90 Å². The topological polar surface area (TPSA) is 39.6 Å². The normalized spacial score (nSPS) is 19.4. The summed E-state index contributed by atoms with van der Waals surface area (Å²) in [6.07, 6.45) is 4.67. The van der Waals surface area contributed by atoms with E-state index in [0.717, 1.165) is 37.3 Å². The van der Waals surface area contributed by atoms with Gasteiger partial charge in [-0.25, -0.2) is 4.98 Å². The molecule has 0 bridgehead atoms. The summed E-state index contributed by atoms with van der Waals surface area (Å²) in [5, 5.41) is 10.5. The van der Waals surface area contributed by atoms with Gasteiger partial charge in [0.05, 0.1) is 6.10 Å². The van der Waals surface area contributed by atoms with Crippen molar-refractivity contribution in [2.24, 2.45) is 0 Å². The molecular formula is C20H27N3O. The molecule has 1 aliphatic rings. The average molecular weight is 325 g/mol. The van der Waals surface area contributed by atoms with Crippen molar-refractivity contribution in [2.45, 2.75) is 38.0 Å². The highest BCUT2D eigenvalue weighted by atomic mass is 16.3. The van der Waals surface area contributed by atoms with Crippen LogP contribution in [0.4, 0.5) is 5.82 Å². The molecule has 1 aliphatic heterocycles. The Balaban J connectivity index is 1.64. The highest BCUT2D eigenvalue weighted by molar-refractivity contribution is 5.39. The second-order valence-corrected chi connectivity index (χ2v) is 6.85. The first-order chi connectivity index (χ1) is 11.6. The van der Waals surface area contributed by atoms with Gasteiger partial charge in [0, 0.05) is 32.9 Å². The molecular weight excluding hydrogens is 298 g/mol. The van der Waals surface area contributed by atoms with Crippen molar-refractivity contribution >= 4 is 5.82 Å². The molecule has 2 atom stereocenters. The minimum atomic E-state index is -0.383. The van der Waals surface area contributed by atoms with E-state index in [-0.39, 0.29) is 6.10 Å². The summed E-state index contributed by atoms with van der Waals surface area (Å²) in [4.78, 5) is 8.92. The van der Waals surface area contributed by atoms with Gasteiger partial charge in [-0.15, -0.1) is 0 Å². The first-order valence-corrected chi connectivity index (χ1v) is 8.73. The third-order valence-corrected chi connectivity index (χ3v) is 4.83. The monoisotopic (exact) mass is 325 g/mol. The van der Waals surface area contributed by atoms with Crippen LogP contribution in [0.15, 0.2) is 48.7 Å². The maximum absolute atomic E-state index is 10.5. The Hall–Kier alpha value is -1.91. The van der Waals surface area contributed by atoms with Gasteiger partial charge in [0.1, 0.15) is 5.82 Å². The molecule has 4 nitrogen and oxygen atoms in total. The number of likely N-dealkylation sites (tertiary alicyclic amines) is 1. The maximum Gasteiger partial charge on any atom is 0.128 e. The lowest BCUT2D eigenvalue weighted by atomic mass is 10.0. The fraction of sp³-hybridized carbons (Fsp3) is 0.450. The van der Waals surface area contributed by atoms with Gasteiger partial charge in [-0.2, -0.15) is 0 Å². The molecule has 1 aromatic carbocycles. The molecule has 0 aliphatic carbocycles. The zero-order chi connectivity index (χ0) is 16.9. The Bertz CT molecular complexity index is 644. The molecule has 2 aromatic rings. The van der Waals surface area contributed by atoms with Crippen LogP contribution in [-0.2, 0) is 6.54 Å². The van der Waals surface area contributed by atoms with Gasteiger partial charge >= 0.3 is 0 Å². The first-order valence-electron chi connectivity index (χ1n) is 8.73. The Morgan fingerprint density at radius 2 is 2.04 bits per heavy atom. The van der Waals surface area contributed by atoms with Crippen LogP contribution in [0.1, 0.15) is 36.5 Å². The lowest BCUT2D eigenvalue weighted by molar-refractivity contribution is 0.118. The van der Waals surface area contributed by atoms with Crippen molar-refractivity contribution < 1.29 is 5.11 Å². The van der Waals surface area contributed by atoms with Crippen molar-refractivity contribution in [3.63, 3.8) is 0 Å². The van der Waals surface area contributed by atoms with Gasteiger partial charge in [0.25, 0.3) is 0 Å². The summed E-state index contributed by atoms with van der Waals surface area (Å²) in [7, 11) is 4.03. The van der Waals surface area contributed by atoms with Crippen molar-refractivity contribution in [1.29, 1.82) is 0 Å². The summed E-state index contributed by atoms with van der Waals surface area (Å²) < 4.78 is 0. The van der Waals surface area contributed by atoms with Crippen LogP contribution in [0.3, 0.4) is 0 Å². The van der Waals surface area contributed by atoms with Gasteiger partial charge in [0.2, 0.25) is 0 Å². The molecule has 0 saturated carbocycles. The Morgan fingerprint density at radius 1 is 1.25 bits per heavy atom. The fourth-order valence-corrected chi connectivity index (χ4v) is 3.48.